The lowest BCUT2D eigenvalue weighted by Crippen LogP contribution is -2.40. The second-order valence-corrected chi connectivity index (χ2v) is 7.01. The van der Waals surface area contributed by atoms with Gasteiger partial charge in [-0.3, -0.25) is 4.79 Å². The van der Waals surface area contributed by atoms with Gasteiger partial charge in [0.05, 0.1) is 0 Å². The Balaban J connectivity index is 0.00000196. The van der Waals surface area contributed by atoms with Gasteiger partial charge in [-0.25, -0.2) is 0 Å². The SMILES string of the molecule is CNCC1CCN(C(=O)c2oc3c(ccc4ccccc43)c2C)CC1.Cl. The molecule has 1 saturated heterocycles. The first-order valence-electron chi connectivity index (χ1n) is 9.03. The molecular formula is C21H25ClN2O2. The fourth-order valence-corrected chi connectivity index (χ4v) is 3.93. The molecule has 0 saturated carbocycles. The Hall–Kier alpha value is -2.04. The first-order valence-corrected chi connectivity index (χ1v) is 9.03. The quantitative estimate of drug-likeness (QED) is 0.741. The number of piperidine rings is 1. The fraction of sp³-hybridized carbons (Fsp3) is 0.381. The summed E-state index contributed by atoms with van der Waals surface area (Å²) in [5.74, 6) is 1.19. The summed E-state index contributed by atoms with van der Waals surface area (Å²) in [5, 5.41) is 6.47. The lowest BCUT2D eigenvalue weighted by Gasteiger charge is -2.31. The summed E-state index contributed by atoms with van der Waals surface area (Å²) in [7, 11) is 1.99. The molecule has 1 aliphatic heterocycles. The van der Waals surface area contributed by atoms with E-state index < -0.39 is 0 Å². The average Bonchev–Trinajstić information content (AvgIpc) is 2.99. The van der Waals surface area contributed by atoms with E-state index in [-0.39, 0.29) is 18.3 Å². The highest BCUT2D eigenvalue weighted by atomic mass is 35.5. The third-order valence-electron chi connectivity index (χ3n) is 5.42. The monoisotopic (exact) mass is 372 g/mol. The van der Waals surface area contributed by atoms with Gasteiger partial charge in [0.15, 0.2) is 5.76 Å². The number of hydrogen-bond acceptors (Lipinski definition) is 3. The second kappa shape index (κ2) is 7.68. The van der Waals surface area contributed by atoms with Gasteiger partial charge in [0.1, 0.15) is 5.58 Å². The number of fused-ring (bicyclic) bond motifs is 3. The van der Waals surface area contributed by atoms with Crippen molar-refractivity contribution in [3.05, 3.63) is 47.7 Å². The molecule has 1 aromatic heterocycles. The molecule has 0 aliphatic carbocycles. The van der Waals surface area contributed by atoms with Gasteiger partial charge in [0, 0.05) is 29.4 Å². The number of halogens is 1. The number of benzene rings is 2. The summed E-state index contributed by atoms with van der Waals surface area (Å²) in [6.45, 7) is 4.63. The van der Waals surface area contributed by atoms with Crippen LogP contribution in [0.15, 0.2) is 40.8 Å². The van der Waals surface area contributed by atoms with Crippen LogP contribution in [0.2, 0.25) is 0 Å². The van der Waals surface area contributed by atoms with E-state index >= 15 is 0 Å². The number of amides is 1. The highest BCUT2D eigenvalue weighted by molar-refractivity contribution is 6.08. The van der Waals surface area contributed by atoms with Crippen molar-refractivity contribution in [3.63, 3.8) is 0 Å². The molecule has 138 valence electrons. The van der Waals surface area contributed by atoms with E-state index in [2.05, 4.69) is 29.6 Å². The number of likely N-dealkylation sites (tertiary alicyclic amines) is 1. The third kappa shape index (κ3) is 3.19. The summed E-state index contributed by atoms with van der Waals surface area (Å²) in [4.78, 5) is 15.0. The van der Waals surface area contributed by atoms with Crippen LogP contribution in [-0.2, 0) is 0 Å². The number of nitrogens with zero attached hydrogens (tertiary/aromatic N) is 1. The normalized spacial score (nSPS) is 15.4. The van der Waals surface area contributed by atoms with Crippen LogP contribution in [0.1, 0.15) is 29.0 Å². The van der Waals surface area contributed by atoms with Crippen LogP contribution in [0.3, 0.4) is 0 Å². The van der Waals surface area contributed by atoms with Crippen molar-refractivity contribution in [3.8, 4) is 0 Å². The second-order valence-electron chi connectivity index (χ2n) is 7.01. The Bertz CT molecular complexity index is 926. The van der Waals surface area contributed by atoms with Gasteiger partial charge in [-0.15, -0.1) is 12.4 Å². The highest BCUT2D eigenvalue weighted by Gasteiger charge is 2.27. The maximum absolute atomic E-state index is 13.0. The molecule has 1 N–H and O–H groups in total. The first kappa shape index (κ1) is 18.7. The Kier molecular flexibility index (Phi) is 5.54. The van der Waals surface area contributed by atoms with Gasteiger partial charge in [-0.05, 0) is 44.7 Å². The van der Waals surface area contributed by atoms with E-state index in [1.807, 2.05) is 31.0 Å². The van der Waals surface area contributed by atoms with Crippen molar-refractivity contribution in [1.82, 2.24) is 10.2 Å². The molecule has 0 bridgehead atoms. The minimum atomic E-state index is 0. The maximum atomic E-state index is 13.0. The van der Waals surface area contributed by atoms with Gasteiger partial charge < -0.3 is 14.6 Å². The molecule has 1 fully saturated rings. The van der Waals surface area contributed by atoms with Crippen LogP contribution < -0.4 is 5.32 Å². The Morgan fingerprint density at radius 2 is 1.88 bits per heavy atom. The van der Waals surface area contributed by atoms with Crippen LogP contribution in [0, 0.1) is 12.8 Å². The van der Waals surface area contributed by atoms with Crippen molar-refractivity contribution in [2.75, 3.05) is 26.7 Å². The topological polar surface area (TPSA) is 45.5 Å². The van der Waals surface area contributed by atoms with Gasteiger partial charge in [0.25, 0.3) is 5.91 Å². The Morgan fingerprint density at radius 3 is 2.62 bits per heavy atom. The van der Waals surface area contributed by atoms with Crippen LogP contribution in [0.25, 0.3) is 21.7 Å². The molecule has 0 spiro atoms. The van der Waals surface area contributed by atoms with E-state index in [1.54, 1.807) is 0 Å². The van der Waals surface area contributed by atoms with E-state index in [4.69, 9.17) is 4.42 Å². The molecule has 4 rings (SSSR count). The van der Waals surface area contributed by atoms with Crippen LogP contribution in [0.4, 0.5) is 0 Å². The zero-order chi connectivity index (χ0) is 17.4. The van der Waals surface area contributed by atoms with Crippen LogP contribution in [-0.4, -0.2) is 37.5 Å². The molecule has 0 radical (unpaired) electrons. The lowest BCUT2D eigenvalue weighted by molar-refractivity contribution is 0.0660. The molecule has 0 unspecified atom stereocenters. The summed E-state index contributed by atoms with van der Waals surface area (Å²) < 4.78 is 6.10. The van der Waals surface area contributed by atoms with Crippen molar-refractivity contribution in [2.24, 2.45) is 5.92 Å². The number of furan rings is 1. The number of rotatable bonds is 3. The Morgan fingerprint density at radius 1 is 1.15 bits per heavy atom. The molecule has 2 heterocycles. The van der Waals surface area contributed by atoms with Crippen LogP contribution >= 0.6 is 12.4 Å². The van der Waals surface area contributed by atoms with Gasteiger partial charge >= 0.3 is 0 Å². The highest BCUT2D eigenvalue weighted by Crippen LogP contribution is 2.32. The number of carbonyl (C=O) groups excluding carboxylic acids is 1. The smallest absolute Gasteiger partial charge is 0.289 e. The van der Waals surface area contributed by atoms with E-state index in [0.717, 1.165) is 59.8 Å². The first-order chi connectivity index (χ1) is 12.2. The molecule has 2 aromatic carbocycles. The molecule has 4 nitrogen and oxygen atoms in total. The Labute approximate surface area is 159 Å². The zero-order valence-electron chi connectivity index (χ0n) is 15.2. The fourth-order valence-electron chi connectivity index (χ4n) is 3.93. The largest absolute Gasteiger partial charge is 0.450 e. The van der Waals surface area contributed by atoms with Crippen molar-refractivity contribution >= 4 is 40.1 Å². The van der Waals surface area contributed by atoms with E-state index in [1.165, 1.54) is 0 Å². The maximum Gasteiger partial charge on any atom is 0.289 e. The number of nitrogens with one attached hydrogen (secondary N) is 1. The molecule has 26 heavy (non-hydrogen) atoms. The molecular weight excluding hydrogens is 348 g/mol. The molecule has 1 amide bonds. The van der Waals surface area contributed by atoms with Gasteiger partial charge in [0.2, 0.25) is 0 Å². The minimum Gasteiger partial charge on any atom is -0.450 e. The van der Waals surface area contributed by atoms with E-state index in [9.17, 15) is 4.79 Å². The lowest BCUT2D eigenvalue weighted by atomic mass is 9.96. The van der Waals surface area contributed by atoms with Gasteiger partial charge in [-0.1, -0.05) is 36.4 Å². The number of carbonyl (C=O) groups is 1. The molecule has 0 atom stereocenters. The van der Waals surface area contributed by atoms with Crippen LogP contribution in [0.5, 0.6) is 0 Å². The predicted octanol–water partition coefficient (Wildman–Crippen LogP) is 4.39. The van der Waals surface area contributed by atoms with Crippen molar-refractivity contribution in [1.29, 1.82) is 0 Å². The zero-order valence-corrected chi connectivity index (χ0v) is 16.1. The predicted molar refractivity (Wildman–Crippen MR) is 108 cm³/mol. The standard InChI is InChI=1S/C21H24N2O2.ClH/c1-14-17-8-7-16-5-3-4-6-18(16)20(17)25-19(14)21(24)23-11-9-15(10-12-23)13-22-2;/h3-8,15,22H,9-13H2,1-2H3;1H. The van der Waals surface area contributed by atoms with Crippen molar-refractivity contribution in [2.45, 2.75) is 19.8 Å². The molecule has 3 aromatic rings. The van der Waals surface area contributed by atoms with E-state index in [0.29, 0.717) is 11.7 Å². The summed E-state index contributed by atoms with van der Waals surface area (Å²) in [6, 6.07) is 12.3. The summed E-state index contributed by atoms with van der Waals surface area (Å²) in [6.07, 6.45) is 2.10. The van der Waals surface area contributed by atoms with Gasteiger partial charge in [-0.2, -0.15) is 0 Å². The minimum absolute atomic E-state index is 0. The summed E-state index contributed by atoms with van der Waals surface area (Å²) >= 11 is 0. The molecule has 1 aliphatic rings. The summed E-state index contributed by atoms with van der Waals surface area (Å²) in [5.41, 5.74) is 1.77. The molecule has 5 heteroatoms. The average molecular weight is 373 g/mol. The van der Waals surface area contributed by atoms with Crippen molar-refractivity contribution < 1.29 is 9.21 Å². The third-order valence-corrected chi connectivity index (χ3v) is 5.42. The number of aryl methyl sites for hydroxylation is 1. The number of hydrogen-bond donors (Lipinski definition) is 1.